The van der Waals surface area contributed by atoms with Gasteiger partial charge in [0.05, 0.1) is 5.75 Å². The molecule has 36 heavy (non-hydrogen) atoms. The summed E-state index contributed by atoms with van der Waals surface area (Å²) < 4.78 is 37.2. The van der Waals surface area contributed by atoms with E-state index < -0.39 is 21.5 Å². The lowest BCUT2D eigenvalue weighted by molar-refractivity contribution is 0.0277. The Balaban J connectivity index is 1.48. The first kappa shape index (κ1) is 26.0. The van der Waals surface area contributed by atoms with Crippen molar-refractivity contribution in [1.29, 1.82) is 0 Å². The number of phenolic OH excluding ortho intramolecular Hbond substituents is 3. The number of sulfonamides is 1. The molecule has 3 atom stereocenters. The summed E-state index contributed by atoms with van der Waals surface area (Å²) in [6.07, 6.45) is 12.5. The zero-order valence-corrected chi connectivity index (χ0v) is 22.6. The van der Waals surface area contributed by atoms with Crippen LogP contribution in [-0.2, 0) is 10.0 Å². The summed E-state index contributed by atoms with van der Waals surface area (Å²) in [5, 5.41) is 30.5. The average Bonchev–Trinajstić information content (AvgIpc) is 3.17. The molecule has 1 aromatic rings. The van der Waals surface area contributed by atoms with E-state index >= 15 is 0 Å². The highest BCUT2D eigenvalue weighted by Crippen LogP contribution is 2.67. The number of phenols is 3. The van der Waals surface area contributed by atoms with Crippen LogP contribution in [-0.4, -0.2) is 52.0 Å². The lowest BCUT2D eigenvalue weighted by atomic mass is 9.69. The summed E-state index contributed by atoms with van der Waals surface area (Å²) in [7, 11) is -3.58. The molecule has 8 heteroatoms. The molecule has 2 bridgehead atoms. The van der Waals surface area contributed by atoms with E-state index in [9.17, 15) is 23.7 Å². The van der Waals surface area contributed by atoms with Crippen molar-refractivity contribution in [3.8, 4) is 23.0 Å². The van der Waals surface area contributed by atoms with Crippen LogP contribution in [0.4, 0.5) is 0 Å². The van der Waals surface area contributed by atoms with E-state index in [1.165, 1.54) is 12.8 Å². The van der Waals surface area contributed by atoms with Crippen molar-refractivity contribution < 1.29 is 28.5 Å². The number of benzene rings is 1. The van der Waals surface area contributed by atoms with Crippen molar-refractivity contribution in [3.63, 3.8) is 0 Å². The van der Waals surface area contributed by atoms with Gasteiger partial charge in [0.2, 0.25) is 15.8 Å². The first-order valence-corrected chi connectivity index (χ1v) is 15.6. The van der Waals surface area contributed by atoms with Crippen molar-refractivity contribution in [1.82, 2.24) is 4.31 Å². The van der Waals surface area contributed by atoms with E-state index in [0.29, 0.717) is 12.3 Å². The number of hydrogen-bond acceptors (Lipinski definition) is 6. The second-order valence-corrected chi connectivity index (χ2v) is 14.3. The Kier molecular flexibility index (Phi) is 6.90. The highest BCUT2D eigenvalue weighted by molar-refractivity contribution is 7.89. The summed E-state index contributed by atoms with van der Waals surface area (Å²) in [6.45, 7) is 4.34. The predicted octanol–water partition coefficient (Wildman–Crippen LogP) is 5.67. The fraction of sp³-hybridized carbons (Fsp3) is 0.786. The maximum absolute atomic E-state index is 14.5. The molecule has 0 spiro atoms. The average molecular weight is 522 g/mol. The molecule has 2 unspecified atom stereocenters. The SMILES string of the molecule is CC1(C)[C@@H]2CCC1(CS(=O)(=O)N(C1CCCCC1)C1CCCCC1)C(Oc1c(O)cc(O)cc1O)C2. The van der Waals surface area contributed by atoms with Gasteiger partial charge in [-0.15, -0.1) is 0 Å². The Morgan fingerprint density at radius 1 is 0.889 bits per heavy atom. The molecule has 202 valence electrons. The molecule has 0 aromatic heterocycles. The van der Waals surface area contributed by atoms with Crippen molar-refractivity contribution in [2.75, 3.05) is 5.75 Å². The highest BCUT2D eigenvalue weighted by atomic mass is 32.2. The van der Waals surface area contributed by atoms with Crippen molar-refractivity contribution in [2.24, 2.45) is 16.7 Å². The van der Waals surface area contributed by atoms with E-state index in [-0.39, 0.29) is 46.2 Å². The Labute approximate surface area is 215 Å². The first-order valence-electron chi connectivity index (χ1n) is 14.0. The number of aromatic hydroxyl groups is 3. The first-order chi connectivity index (χ1) is 17.0. The Morgan fingerprint density at radius 3 is 1.92 bits per heavy atom. The van der Waals surface area contributed by atoms with E-state index in [2.05, 4.69) is 13.8 Å². The Hall–Kier alpha value is -1.67. The minimum Gasteiger partial charge on any atom is -0.508 e. The summed E-state index contributed by atoms with van der Waals surface area (Å²) in [5.74, 6) is -0.639. The quantitative estimate of drug-likeness (QED) is 0.426. The van der Waals surface area contributed by atoms with Crippen LogP contribution >= 0.6 is 0 Å². The third-order valence-electron chi connectivity index (χ3n) is 10.3. The Bertz CT molecular complexity index is 1020. The van der Waals surface area contributed by atoms with E-state index in [0.717, 1.165) is 76.3 Å². The van der Waals surface area contributed by atoms with Crippen molar-refractivity contribution in [2.45, 2.75) is 116 Å². The van der Waals surface area contributed by atoms with Crippen molar-refractivity contribution >= 4 is 10.0 Å². The summed E-state index contributed by atoms with van der Waals surface area (Å²) in [4.78, 5) is 0. The van der Waals surface area contributed by atoms with Gasteiger partial charge in [0.1, 0.15) is 11.9 Å². The Morgan fingerprint density at radius 2 is 1.42 bits per heavy atom. The van der Waals surface area contributed by atoms with E-state index in [1.54, 1.807) is 0 Å². The maximum atomic E-state index is 14.5. The minimum absolute atomic E-state index is 0.0424. The monoisotopic (exact) mass is 521 g/mol. The second kappa shape index (κ2) is 9.57. The number of fused-ring (bicyclic) bond motifs is 2. The molecule has 4 saturated carbocycles. The van der Waals surface area contributed by atoms with Crippen LogP contribution in [0.5, 0.6) is 23.0 Å². The van der Waals surface area contributed by atoms with Gasteiger partial charge in [-0.2, -0.15) is 4.31 Å². The molecule has 1 aromatic carbocycles. The molecular weight excluding hydrogens is 478 g/mol. The fourth-order valence-corrected chi connectivity index (χ4v) is 11.0. The van der Waals surface area contributed by atoms with Crippen molar-refractivity contribution in [3.05, 3.63) is 12.1 Å². The number of rotatable bonds is 7. The molecule has 5 rings (SSSR count). The van der Waals surface area contributed by atoms with Crippen LogP contribution in [0.3, 0.4) is 0 Å². The van der Waals surface area contributed by atoms with Gasteiger partial charge >= 0.3 is 0 Å². The summed E-state index contributed by atoms with van der Waals surface area (Å²) >= 11 is 0. The molecule has 0 saturated heterocycles. The van der Waals surface area contributed by atoms with Crippen LogP contribution in [0.25, 0.3) is 0 Å². The van der Waals surface area contributed by atoms with E-state index in [1.807, 2.05) is 4.31 Å². The predicted molar refractivity (Wildman–Crippen MR) is 139 cm³/mol. The van der Waals surface area contributed by atoms with Gasteiger partial charge < -0.3 is 20.1 Å². The molecule has 0 amide bonds. The third-order valence-corrected chi connectivity index (χ3v) is 12.4. The van der Waals surface area contributed by atoms with Crippen LogP contribution < -0.4 is 4.74 Å². The van der Waals surface area contributed by atoms with Gasteiger partial charge in [-0.05, 0) is 56.3 Å². The van der Waals surface area contributed by atoms with Gasteiger partial charge in [-0.3, -0.25) is 0 Å². The maximum Gasteiger partial charge on any atom is 0.215 e. The third kappa shape index (κ3) is 4.36. The minimum atomic E-state index is -3.58. The number of ether oxygens (including phenoxy) is 1. The van der Waals surface area contributed by atoms with E-state index in [4.69, 9.17) is 4.74 Å². The van der Waals surface area contributed by atoms with Crippen LogP contribution in [0.2, 0.25) is 0 Å². The van der Waals surface area contributed by atoms with Gasteiger partial charge in [0.25, 0.3) is 0 Å². The second-order valence-electron chi connectivity index (χ2n) is 12.4. The molecule has 3 N–H and O–H groups in total. The molecule has 0 heterocycles. The molecule has 4 fully saturated rings. The number of hydrogen-bond donors (Lipinski definition) is 3. The van der Waals surface area contributed by atoms with Crippen LogP contribution in [0, 0.1) is 16.7 Å². The summed E-state index contributed by atoms with van der Waals surface area (Å²) in [5.41, 5.74) is -0.869. The molecular formula is C28H43NO6S. The number of nitrogens with zero attached hydrogens (tertiary/aromatic N) is 1. The van der Waals surface area contributed by atoms with Gasteiger partial charge in [-0.1, -0.05) is 52.4 Å². The molecule has 7 nitrogen and oxygen atoms in total. The normalized spacial score (nSPS) is 31.2. The molecule has 4 aliphatic rings. The van der Waals surface area contributed by atoms with Gasteiger partial charge in [-0.25, -0.2) is 8.42 Å². The lowest BCUT2D eigenvalue weighted by Gasteiger charge is -2.46. The smallest absolute Gasteiger partial charge is 0.215 e. The summed E-state index contributed by atoms with van der Waals surface area (Å²) in [6, 6.07) is 2.47. The molecule has 0 aliphatic heterocycles. The van der Waals surface area contributed by atoms with Gasteiger partial charge in [0, 0.05) is 29.6 Å². The lowest BCUT2D eigenvalue weighted by Crippen LogP contribution is -2.55. The fourth-order valence-electron chi connectivity index (χ4n) is 8.18. The van der Waals surface area contributed by atoms with Crippen LogP contribution in [0.15, 0.2) is 12.1 Å². The van der Waals surface area contributed by atoms with Gasteiger partial charge in [0.15, 0.2) is 11.5 Å². The molecule has 4 aliphatic carbocycles. The standard InChI is InChI=1S/C28H43NO6S/c1-27(2)19-13-14-28(27,25(15-19)35-26-23(31)16-22(30)17-24(26)32)18-36(33,34)29(20-9-5-3-6-10-20)21-11-7-4-8-12-21/h16-17,19-21,25,30-32H,3-15,18H2,1-2H3/t19-,25?,28?/m1/s1. The topological polar surface area (TPSA) is 107 Å². The van der Waals surface area contributed by atoms with Crippen LogP contribution in [0.1, 0.15) is 97.3 Å². The largest absolute Gasteiger partial charge is 0.508 e. The highest BCUT2D eigenvalue weighted by Gasteiger charge is 2.67. The molecule has 0 radical (unpaired) electrons. The zero-order valence-electron chi connectivity index (χ0n) is 21.8. The zero-order chi connectivity index (χ0) is 25.7.